The number of aromatic nitrogens is 4. The van der Waals surface area contributed by atoms with Gasteiger partial charge in [-0.2, -0.15) is 5.10 Å². The number of carbonyl (C=O) groups excluding carboxylic acids is 1. The molecular weight excluding hydrogens is 340 g/mol. The first-order valence-corrected chi connectivity index (χ1v) is 9.37. The zero-order chi connectivity index (χ0) is 18.8. The summed E-state index contributed by atoms with van der Waals surface area (Å²) in [4.78, 5) is 23.7. The fourth-order valence-electron chi connectivity index (χ4n) is 3.50. The monoisotopic (exact) mass is 364 g/mol. The number of amides is 1. The van der Waals surface area contributed by atoms with Crippen molar-refractivity contribution in [2.45, 2.75) is 32.2 Å². The van der Waals surface area contributed by atoms with Crippen LogP contribution in [0.25, 0.3) is 11.0 Å². The molecule has 1 saturated heterocycles. The number of fused-ring (bicyclic) bond motifs is 1. The van der Waals surface area contributed by atoms with Gasteiger partial charge in [-0.1, -0.05) is 30.3 Å². The van der Waals surface area contributed by atoms with Crippen LogP contribution in [0.4, 0.5) is 5.82 Å². The van der Waals surface area contributed by atoms with Gasteiger partial charge in [-0.3, -0.25) is 9.48 Å². The molecule has 140 valence electrons. The van der Waals surface area contributed by atoms with Crippen LogP contribution in [0, 0.1) is 0 Å². The van der Waals surface area contributed by atoms with E-state index in [0.29, 0.717) is 19.5 Å². The average Bonchev–Trinajstić information content (AvgIpc) is 2.97. The number of hydrogen-bond acceptors (Lipinski definition) is 5. The Morgan fingerprint density at radius 2 is 2.00 bits per heavy atom. The molecule has 7 nitrogen and oxygen atoms in total. The van der Waals surface area contributed by atoms with Gasteiger partial charge in [-0.05, 0) is 18.9 Å². The van der Waals surface area contributed by atoms with E-state index in [-0.39, 0.29) is 11.9 Å². The average molecular weight is 364 g/mol. The number of rotatable bonds is 4. The highest BCUT2D eigenvalue weighted by atomic mass is 16.1. The van der Waals surface area contributed by atoms with E-state index in [0.717, 1.165) is 35.5 Å². The smallest absolute Gasteiger partial charge is 0.221 e. The summed E-state index contributed by atoms with van der Waals surface area (Å²) in [5.41, 5.74) is 2.10. The lowest BCUT2D eigenvalue weighted by Gasteiger charge is -2.28. The summed E-state index contributed by atoms with van der Waals surface area (Å²) < 4.78 is 1.79. The second-order valence-corrected chi connectivity index (χ2v) is 7.05. The van der Waals surface area contributed by atoms with Gasteiger partial charge in [0.25, 0.3) is 0 Å². The first-order valence-electron chi connectivity index (χ1n) is 9.37. The second kappa shape index (κ2) is 7.34. The predicted molar refractivity (Wildman–Crippen MR) is 105 cm³/mol. The molecule has 1 aliphatic rings. The van der Waals surface area contributed by atoms with E-state index in [1.165, 1.54) is 5.56 Å². The number of aryl methyl sites for hydroxylation is 3. The molecule has 0 spiro atoms. The Morgan fingerprint density at radius 3 is 2.81 bits per heavy atom. The molecule has 0 unspecified atom stereocenters. The van der Waals surface area contributed by atoms with Crippen molar-refractivity contribution in [3.8, 4) is 0 Å². The number of hydrogen-bond donors (Lipinski definition) is 1. The maximum absolute atomic E-state index is 11.8. The fourth-order valence-corrected chi connectivity index (χ4v) is 3.50. The van der Waals surface area contributed by atoms with Crippen LogP contribution in [0.2, 0.25) is 0 Å². The van der Waals surface area contributed by atoms with Crippen molar-refractivity contribution in [1.82, 2.24) is 25.1 Å². The molecule has 2 aromatic heterocycles. The minimum Gasteiger partial charge on any atom is -0.354 e. The molecule has 1 aliphatic heterocycles. The second-order valence-electron chi connectivity index (χ2n) is 7.05. The highest BCUT2D eigenvalue weighted by Crippen LogP contribution is 2.26. The quantitative estimate of drug-likeness (QED) is 0.765. The zero-order valence-corrected chi connectivity index (χ0v) is 15.7. The first-order chi connectivity index (χ1) is 13.1. The van der Waals surface area contributed by atoms with Crippen LogP contribution in [0.5, 0.6) is 0 Å². The van der Waals surface area contributed by atoms with Crippen LogP contribution in [0.15, 0.2) is 36.5 Å². The van der Waals surface area contributed by atoms with Gasteiger partial charge in [0.15, 0.2) is 5.65 Å². The van der Waals surface area contributed by atoms with Gasteiger partial charge in [-0.25, -0.2) is 9.97 Å². The maximum atomic E-state index is 11.8. The van der Waals surface area contributed by atoms with E-state index in [1.807, 2.05) is 19.3 Å². The zero-order valence-electron chi connectivity index (χ0n) is 15.7. The van der Waals surface area contributed by atoms with E-state index >= 15 is 0 Å². The fraction of sp³-hybridized carbons (Fsp3) is 0.400. The molecule has 1 atom stereocenters. The van der Waals surface area contributed by atoms with Gasteiger partial charge < -0.3 is 10.2 Å². The Hall–Kier alpha value is -2.96. The minimum absolute atomic E-state index is 0.0881. The Balaban J connectivity index is 1.69. The van der Waals surface area contributed by atoms with Crippen molar-refractivity contribution >= 4 is 22.8 Å². The molecule has 0 saturated carbocycles. The summed E-state index contributed by atoms with van der Waals surface area (Å²) in [6, 6.07) is 10.5. The van der Waals surface area contributed by atoms with Crippen LogP contribution in [0.3, 0.4) is 0 Å². The normalized spacial score (nSPS) is 17.8. The van der Waals surface area contributed by atoms with E-state index in [1.54, 1.807) is 4.68 Å². The van der Waals surface area contributed by atoms with Crippen LogP contribution >= 0.6 is 0 Å². The molecule has 3 heterocycles. The molecule has 7 heteroatoms. The van der Waals surface area contributed by atoms with Crippen molar-refractivity contribution in [3.63, 3.8) is 0 Å². The van der Waals surface area contributed by atoms with Crippen LogP contribution in [-0.2, 0) is 24.7 Å². The predicted octanol–water partition coefficient (Wildman–Crippen LogP) is 1.86. The maximum Gasteiger partial charge on any atom is 0.221 e. The molecule has 1 fully saturated rings. The standard InChI is InChI=1S/C20H24N6O/c1-14-12-21-18(27)10-11-26(14)20-16-13-22-25(2)19(16)23-17(24-20)9-8-15-6-4-3-5-7-15/h3-7,13-14H,8-12H2,1-2H3,(H,21,27)/t14-/m1/s1. The minimum atomic E-state index is 0.0881. The molecular formula is C20H24N6O. The molecule has 1 amide bonds. The van der Waals surface area contributed by atoms with Gasteiger partial charge in [0.1, 0.15) is 11.6 Å². The highest BCUT2D eigenvalue weighted by Gasteiger charge is 2.25. The van der Waals surface area contributed by atoms with Crippen molar-refractivity contribution in [3.05, 3.63) is 47.9 Å². The van der Waals surface area contributed by atoms with E-state index in [9.17, 15) is 4.79 Å². The molecule has 1 N–H and O–H groups in total. The number of nitrogens with zero attached hydrogens (tertiary/aromatic N) is 5. The van der Waals surface area contributed by atoms with Crippen LogP contribution < -0.4 is 10.2 Å². The Kier molecular flexibility index (Phi) is 4.75. The lowest BCUT2D eigenvalue weighted by atomic mass is 10.1. The van der Waals surface area contributed by atoms with Crippen molar-refractivity contribution < 1.29 is 4.79 Å². The SMILES string of the molecule is C[C@@H]1CNC(=O)CCN1c1nc(CCc2ccccc2)nc2c1cnn2C. The van der Waals surface area contributed by atoms with Crippen molar-refractivity contribution in [2.75, 3.05) is 18.0 Å². The molecule has 0 aliphatic carbocycles. The summed E-state index contributed by atoms with van der Waals surface area (Å²) in [6.07, 6.45) is 3.94. The molecule has 0 bridgehead atoms. The summed E-state index contributed by atoms with van der Waals surface area (Å²) in [6.45, 7) is 3.37. The number of nitrogens with one attached hydrogen (secondary N) is 1. The summed E-state index contributed by atoms with van der Waals surface area (Å²) in [7, 11) is 1.90. The van der Waals surface area contributed by atoms with E-state index in [4.69, 9.17) is 9.97 Å². The number of anilines is 1. The van der Waals surface area contributed by atoms with Gasteiger partial charge >= 0.3 is 0 Å². The number of carbonyl (C=O) groups is 1. The van der Waals surface area contributed by atoms with Gasteiger partial charge in [0.05, 0.1) is 11.6 Å². The lowest BCUT2D eigenvalue weighted by molar-refractivity contribution is -0.120. The molecule has 3 aromatic rings. The van der Waals surface area contributed by atoms with Crippen LogP contribution in [0.1, 0.15) is 24.7 Å². The van der Waals surface area contributed by atoms with E-state index in [2.05, 4.69) is 46.5 Å². The largest absolute Gasteiger partial charge is 0.354 e. The first kappa shape index (κ1) is 17.5. The van der Waals surface area contributed by atoms with Gasteiger partial charge in [0, 0.05) is 39.0 Å². The van der Waals surface area contributed by atoms with Crippen molar-refractivity contribution in [1.29, 1.82) is 0 Å². The third kappa shape index (κ3) is 3.63. The Bertz CT molecular complexity index is 952. The Labute approximate surface area is 158 Å². The third-order valence-corrected chi connectivity index (χ3v) is 5.08. The van der Waals surface area contributed by atoms with Crippen molar-refractivity contribution in [2.24, 2.45) is 7.05 Å². The molecule has 4 rings (SSSR count). The summed E-state index contributed by atoms with van der Waals surface area (Å²) in [5, 5.41) is 8.28. The third-order valence-electron chi connectivity index (χ3n) is 5.08. The van der Waals surface area contributed by atoms with Gasteiger partial charge in [0.2, 0.25) is 5.91 Å². The lowest BCUT2D eigenvalue weighted by Crippen LogP contribution is -2.38. The molecule has 27 heavy (non-hydrogen) atoms. The van der Waals surface area contributed by atoms with Gasteiger partial charge in [-0.15, -0.1) is 0 Å². The summed E-state index contributed by atoms with van der Waals surface area (Å²) >= 11 is 0. The topological polar surface area (TPSA) is 75.9 Å². The Morgan fingerprint density at radius 1 is 1.19 bits per heavy atom. The highest BCUT2D eigenvalue weighted by molar-refractivity contribution is 5.87. The summed E-state index contributed by atoms with van der Waals surface area (Å²) in [5.74, 6) is 1.77. The number of benzene rings is 1. The molecule has 0 radical (unpaired) electrons. The van der Waals surface area contributed by atoms with Crippen LogP contribution in [-0.4, -0.2) is 44.8 Å². The van der Waals surface area contributed by atoms with E-state index < -0.39 is 0 Å². The molecule has 1 aromatic carbocycles.